The van der Waals surface area contributed by atoms with E-state index in [1.54, 1.807) is 11.3 Å². The molecule has 1 aliphatic carbocycles. The molecule has 0 unspecified atom stereocenters. The fourth-order valence-corrected chi connectivity index (χ4v) is 3.36. The minimum Gasteiger partial charge on any atom is -0.242 e. The molecule has 3 nitrogen and oxygen atoms in total. The maximum atomic E-state index is 9.20. The molecule has 2 aromatic heterocycles. The minimum atomic E-state index is 0.598. The molecular weight excluding hydrogens is 262 g/mol. The Morgan fingerprint density at radius 1 is 1.39 bits per heavy atom. The van der Waals surface area contributed by atoms with Crippen LogP contribution in [-0.2, 0) is 0 Å². The zero-order chi connectivity index (χ0) is 12.5. The Morgan fingerprint density at radius 2 is 2.22 bits per heavy atom. The number of hydrogen-bond acceptors (Lipinski definition) is 5. The molecule has 0 spiro atoms. The number of allylic oxidation sites excluding steroid dienone is 1. The smallest absolute Gasteiger partial charge is 0.134 e. The van der Waals surface area contributed by atoms with Crippen LogP contribution in [0.15, 0.2) is 10.8 Å². The molecule has 2 aromatic rings. The summed E-state index contributed by atoms with van der Waals surface area (Å²) in [5, 5.41) is 15.2. The summed E-state index contributed by atoms with van der Waals surface area (Å²) >= 11 is 3.19. The number of nitrogens with zero attached hydrogens (tertiary/aromatic N) is 3. The number of rotatable bonds is 3. The highest BCUT2D eigenvalue weighted by atomic mass is 32.1. The van der Waals surface area contributed by atoms with Crippen LogP contribution in [0.2, 0.25) is 0 Å². The molecule has 0 saturated heterocycles. The van der Waals surface area contributed by atoms with Crippen LogP contribution in [0, 0.1) is 18.3 Å². The molecule has 0 aromatic carbocycles. The van der Waals surface area contributed by atoms with Crippen LogP contribution in [0.1, 0.15) is 40.2 Å². The van der Waals surface area contributed by atoms with E-state index in [0.717, 1.165) is 16.4 Å². The van der Waals surface area contributed by atoms with E-state index in [1.165, 1.54) is 29.2 Å². The highest BCUT2D eigenvalue weighted by molar-refractivity contribution is 7.11. The average molecular weight is 273 g/mol. The molecule has 0 N–H and O–H groups in total. The van der Waals surface area contributed by atoms with Gasteiger partial charge in [0.15, 0.2) is 0 Å². The Kier molecular flexibility index (Phi) is 2.98. The minimum absolute atomic E-state index is 0.598. The van der Waals surface area contributed by atoms with Gasteiger partial charge in [0.1, 0.15) is 11.1 Å². The zero-order valence-corrected chi connectivity index (χ0v) is 11.5. The summed E-state index contributed by atoms with van der Waals surface area (Å²) in [4.78, 5) is 8.90. The van der Waals surface area contributed by atoms with Gasteiger partial charge in [-0.25, -0.2) is 9.97 Å². The van der Waals surface area contributed by atoms with Crippen molar-refractivity contribution < 1.29 is 0 Å². The van der Waals surface area contributed by atoms with Gasteiger partial charge in [-0.05, 0) is 25.8 Å². The van der Waals surface area contributed by atoms with Gasteiger partial charge in [0.05, 0.1) is 16.3 Å². The van der Waals surface area contributed by atoms with E-state index < -0.39 is 0 Å². The van der Waals surface area contributed by atoms with Gasteiger partial charge in [0, 0.05) is 22.4 Å². The summed E-state index contributed by atoms with van der Waals surface area (Å²) in [5.74, 6) is 0.671. The number of nitriles is 1. The molecule has 0 bridgehead atoms. The topological polar surface area (TPSA) is 49.6 Å². The lowest BCUT2D eigenvalue weighted by atomic mass is 10.2. The Labute approximate surface area is 113 Å². The monoisotopic (exact) mass is 273 g/mol. The Bertz CT molecular complexity index is 641. The summed E-state index contributed by atoms with van der Waals surface area (Å²) in [6.45, 7) is 1.93. The van der Waals surface area contributed by atoms with Crippen molar-refractivity contribution in [3.05, 3.63) is 32.2 Å². The maximum absolute atomic E-state index is 9.20. The Morgan fingerprint density at radius 3 is 2.83 bits per heavy atom. The SMILES string of the molecule is Cc1csc(C(C#N)=Cc2csc(C3CC3)n2)n1. The van der Waals surface area contributed by atoms with Crippen molar-refractivity contribution in [1.29, 1.82) is 5.26 Å². The maximum Gasteiger partial charge on any atom is 0.134 e. The Hall–Kier alpha value is -1.51. The van der Waals surface area contributed by atoms with Crippen molar-refractivity contribution in [3.8, 4) is 6.07 Å². The highest BCUT2D eigenvalue weighted by Gasteiger charge is 2.26. The van der Waals surface area contributed by atoms with Crippen LogP contribution in [0.5, 0.6) is 0 Å². The van der Waals surface area contributed by atoms with E-state index >= 15 is 0 Å². The highest BCUT2D eigenvalue weighted by Crippen LogP contribution is 2.41. The lowest BCUT2D eigenvalue weighted by molar-refractivity contribution is 1.08. The van der Waals surface area contributed by atoms with E-state index in [9.17, 15) is 5.26 Å². The van der Waals surface area contributed by atoms with E-state index in [4.69, 9.17) is 0 Å². The summed E-state index contributed by atoms with van der Waals surface area (Å²) in [6.07, 6.45) is 4.35. The first-order valence-corrected chi connectivity index (χ1v) is 7.52. The van der Waals surface area contributed by atoms with E-state index in [-0.39, 0.29) is 0 Å². The number of aromatic nitrogens is 2. The number of aryl methyl sites for hydroxylation is 1. The van der Waals surface area contributed by atoms with Crippen molar-refractivity contribution in [1.82, 2.24) is 9.97 Å². The molecule has 1 saturated carbocycles. The quantitative estimate of drug-likeness (QED) is 0.798. The fraction of sp³-hybridized carbons (Fsp3) is 0.308. The first kappa shape index (κ1) is 11.6. The van der Waals surface area contributed by atoms with Gasteiger partial charge in [0.2, 0.25) is 0 Å². The lowest BCUT2D eigenvalue weighted by Crippen LogP contribution is -1.82. The standard InChI is InChI=1S/C13H11N3S2/c1-8-6-17-13(15-8)10(5-14)4-11-7-18-12(16-11)9-2-3-9/h4,6-7,9H,2-3H2,1H3. The van der Waals surface area contributed by atoms with Gasteiger partial charge in [-0.2, -0.15) is 5.26 Å². The summed E-state index contributed by atoms with van der Waals surface area (Å²) < 4.78 is 0. The molecular formula is C13H11N3S2. The van der Waals surface area contributed by atoms with Gasteiger partial charge in [-0.15, -0.1) is 22.7 Å². The van der Waals surface area contributed by atoms with Crippen LogP contribution >= 0.6 is 22.7 Å². The van der Waals surface area contributed by atoms with Crippen molar-refractivity contribution in [2.45, 2.75) is 25.7 Å². The first-order chi connectivity index (χ1) is 8.76. The third-order valence-corrected chi connectivity index (χ3v) is 4.75. The first-order valence-electron chi connectivity index (χ1n) is 5.76. The molecule has 1 aliphatic rings. The molecule has 0 radical (unpaired) electrons. The molecule has 2 heterocycles. The molecule has 90 valence electrons. The Balaban J connectivity index is 1.90. The van der Waals surface area contributed by atoms with Crippen molar-refractivity contribution in [3.63, 3.8) is 0 Å². The second-order valence-corrected chi connectivity index (χ2v) is 6.10. The van der Waals surface area contributed by atoms with E-state index in [2.05, 4.69) is 16.0 Å². The van der Waals surface area contributed by atoms with E-state index in [1.807, 2.05) is 23.8 Å². The van der Waals surface area contributed by atoms with Crippen molar-refractivity contribution >= 4 is 34.3 Å². The molecule has 1 fully saturated rings. The van der Waals surface area contributed by atoms with Gasteiger partial charge in [0.25, 0.3) is 0 Å². The molecule has 18 heavy (non-hydrogen) atoms. The molecule has 5 heteroatoms. The molecule has 0 aliphatic heterocycles. The van der Waals surface area contributed by atoms with Gasteiger partial charge < -0.3 is 0 Å². The van der Waals surface area contributed by atoms with Gasteiger partial charge in [-0.3, -0.25) is 0 Å². The van der Waals surface area contributed by atoms with Gasteiger partial charge in [-0.1, -0.05) is 0 Å². The summed E-state index contributed by atoms with van der Waals surface area (Å²) in [5.41, 5.74) is 2.43. The normalized spacial score (nSPS) is 15.7. The summed E-state index contributed by atoms with van der Waals surface area (Å²) in [6, 6.07) is 2.21. The third kappa shape index (κ3) is 2.35. The summed E-state index contributed by atoms with van der Waals surface area (Å²) in [7, 11) is 0. The fourth-order valence-electron chi connectivity index (χ4n) is 1.65. The zero-order valence-electron chi connectivity index (χ0n) is 9.88. The lowest BCUT2D eigenvalue weighted by Gasteiger charge is -1.91. The van der Waals surface area contributed by atoms with Crippen molar-refractivity contribution in [2.24, 2.45) is 0 Å². The second-order valence-electron chi connectivity index (χ2n) is 4.35. The van der Waals surface area contributed by atoms with Gasteiger partial charge >= 0.3 is 0 Å². The third-order valence-electron chi connectivity index (χ3n) is 2.73. The molecule has 0 atom stereocenters. The van der Waals surface area contributed by atoms with Crippen LogP contribution in [0.3, 0.4) is 0 Å². The number of thiazole rings is 2. The second kappa shape index (κ2) is 4.63. The molecule has 0 amide bonds. The van der Waals surface area contributed by atoms with Crippen molar-refractivity contribution in [2.75, 3.05) is 0 Å². The largest absolute Gasteiger partial charge is 0.242 e. The molecule has 3 rings (SSSR count). The predicted molar refractivity (Wildman–Crippen MR) is 74.4 cm³/mol. The average Bonchev–Trinajstić information content (AvgIpc) is 2.96. The van der Waals surface area contributed by atoms with Crippen LogP contribution in [0.25, 0.3) is 11.6 Å². The van der Waals surface area contributed by atoms with E-state index in [0.29, 0.717) is 11.5 Å². The van der Waals surface area contributed by atoms with Crippen LogP contribution in [-0.4, -0.2) is 9.97 Å². The van der Waals surface area contributed by atoms with Crippen LogP contribution < -0.4 is 0 Å². The predicted octanol–water partition coefficient (Wildman–Crippen LogP) is 3.85. The number of hydrogen-bond donors (Lipinski definition) is 0. The van der Waals surface area contributed by atoms with Crippen LogP contribution in [0.4, 0.5) is 0 Å².